The molecule has 4 aromatic carbocycles. The highest BCUT2D eigenvalue weighted by Gasteiger charge is 2.34. The number of benzene rings is 4. The van der Waals surface area contributed by atoms with Gasteiger partial charge in [-0.05, 0) is 88.2 Å². The fraction of sp³-hybridized carbons (Fsp3) is 0.257. The Kier molecular flexibility index (Phi) is 12.0. The molecule has 0 saturated carbocycles. The minimum absolute atomic E-state index is 0.0613. The van der Waals surface area contributed by atoms with Gasteiger partial charge in [0.25, 0.3) is 10.0 Å². The van der Waals surface area contributed by atoms with Crippen LogP contribution in [-0.4, -0.2) is 51.4 Å². The van der Waals surface area contributed by atoms with E-state index < -0.39 is 28.5 Å². The average Bonchev–Trinajstić information content (AvgIpc) is 3.05. The van der Waals surface area contributed by atoms with E-state index in [1.54, 1.807) is 55.6 Å². The molecule has 1 N–H and O–H groups in total. The third-order valence-corrected chi connectivity index (χ3v) is 9.67. The maximum atomic E-state index is 14.5. The first-order chi connectivity index (χ1) is 21.6. The molecule has 1 atom stereocenters. The molecular weight excluding hydrogens is 701 g/mol. The van der Waals surface area contributed by atoms with Crippen LogP contribution in [0, 0.1) is 9.49 Å². The first-order valence-electron chi connectivity index (χ1n) is 14.7. The predicted octanol–water partition coefficient (Wildman–Crippen LogP) is 5.91. The van der Waals surface area contributed by atoms with Crippen molar-refractivity contribution in [2.75, 3.05) is 24.5 Å². The molecule has 2 amide bonds. The van der Waals surface area contributed by atoms with E-state index in [-0.39, 0.29) is 29.7 Å². The van der Waals surface area contributed by atoms with Gasteiger partial charge in [0.2, 0.25) is 11.8 Å². The maximum Gasteiger partial charge on any atom is 0.264 e. The summed E-state index contributed by atoms with van der Waals surface area (Å²) in [5.41, 5.74) is 1.96. The quantitative estimate of drug-likeness (QED) is 0.163. The van der Waals surface area contributed by atoms with Gasteiger partial charge in [0.1, 0.15) is 18.3 Å². The van der Waals surface area contributed by atoms with Crippen LogP contribution >= 0.6 is 22.6 Å². The molecular formula is C35H38IN3O5S. The van der Waals surface area contributed by atoms with Crippen LogP contribution in [0.5, 0.6) is 5.75 Å². The van der Waals surface area contributed by atoms with Crippen LogP contribution in [0.25, 0.3) is 0 Å². The highest BCUT2D eigenvalue weighted by Crippen LogP contribution is 2.26. The summed E-state index contributed by atoms with van der Waals surface area (Å²) in [5.74, 6) is -0.0239. The molecule has 0 aliphatic heterocycles. The zero-order chi connectivity index (χ0) is 32.4. The van der Waals surface area contributed by atoms with Crippen LogP contribution in [0.1, 0.15) is 25.0 Å². The zero-order valence-corrected chi connectivity index (χ0v) is 28.6. The van der Waals surface area contributed by atoms with Gasteiger partial charge in [0.15, 0.2) is 0 Å². The summed E-state index contributed by atoms with van der Waals surface area (Å²) in [5, 5.41) is 3.00. The third kappa shape index (κ3) is 9.30. The minimum Gasteiger partial charge on any atom is -0.497 e. The summed E-state index contributed by atoms with van der Waals surface area (Å²) in [7, 11) is -2.58. The summed E-state index contributed by atoms with van der Waals surface area (Å²) < 4.78 is 35.6. The Morgan fingerprint density at radius 2 is 1.47 bits per heavy atom. The summed E-state index contributed by atoms with van der Waals surface area (Å²) in [6.45, 7) is 3.99. The van der Waals surface area contributed by atoms with Crippen LogP contribution in [0.2, 0.25) is 0 Å². The van der Waals surface area contributed by atoms with E-state index in [2.05, 4.69) is 27.9 Å². The van der Waals surface area contributed by atoms with Gasteiger partial charge in [-0.15, -0.1) is 0 Å². The van der Waals surface area contributed by atoms with E-state index in [4.69, 9.17) is 4.74 Å². The van der Waals surface area contributed by atoms with Crippen molar-refractivity contribution in [1.82, 2.24) is 10.2 Å². The van der Waals surface area contributed by atoms with Crippen molar-refractivity contribution in [1.29, 1.82) is 0 Å². The van der Waals surface area contributed by atoms with Crippen molar-refractivity contribution in [3.8, 4) is 5.75 Å². The lowest BCUT2D eigenvalue weighted by Gasteiger charge is -2.34. The topological polar surface area (TPSA) is 96.0 Å². The molecule has 236 valence electrons. The van der Waals surface area contributed by atoms with Crippen molar-refractivity contribution in [2.24, 2.45) is 5.92 Å². The van der Waals surface area contributed by atoms with Crippen molar-refractivity contribution in [2.45, 2.75) is 37.8 Å². The Morgan fingerprint density at radius 1 is 0.844 bits per heavy atom. The van der Waals surface area contributed by atoms with E-state index >= 15 is 0 Å². The monoisotopic (exact) mass is 739 g/mol. The number of amides is 2. The predicted molar refractivity (Wildman–Crippen MR) is 185 cm³/mol. The molecule has 45 heavy (non-hydrogen) atoms. The first kappa shape index (κ1) is 34.0. The van der Waals surface area contributed by atoms with E-state index in [0.717, 1.165) is 19.0 Å². The second-order valence-electron chi connectivity index (χ2n) is 11.0. The van der Waals surface area contributed by atoms with Crippen molar-refractivity contribution >= 4 is 50.1 Å². The zero-order valence-electron chi connectivity index (χ0n) is 25.6. The smallest absolute Gasteiger partial charge is 0.264 e. The molecule has 0 heterocycles. The van der Waals surface area contributed by atoms with Crippen molar-refractivity contribution in [3.63, 3.8) is 0 Å². The summed E-state index contributed by atoms with van der Waals surface area (Å²) in [6, 6.07) is 30.8. The van der Waals surface area contributed by atoms with Crippen molar-refractivity contribution < 1.29 is 22.7 Å². The number of nitrogens with one attached hydrogen (secondary N) is 1. The number of rotatable bonds is 14. The summed E-state index contributed by atoms with van der Waals surface area (Å²) in [4.78, 5) is 29.9. The van der Waals surface area contributed by atoms with Crippen LogP contribution in [0.3, 0.4) is 0 Å². The van der Waals surface area contributed by atoms with Gasteiger partial charge in [-0.3, -0.25) is 13.9 Å². The summed E-state index contributed by atoms with van der Waals surface area (Å²) >= 11 is 2.15. The number of halogens is 1. The first-order valence-corrected chi connectivity index (χ1v) is 17.2. The van der Waals surface area contributed by atoms with Crippen molar-refractivity contribution in [3.05, 3.63) is 124 Å². The van der Waals surface area contributed by atoms with E-state index in [1.807, 2.05) is 62.4 Å². The van der Waals surface area contributed by atoms with Crippen LogP contribution in [0.4, 0.5) is 5.69 Å². The number of hydrogen-bond acceptors (Lipinski definition) is 5. The van der Waals surface area contributed by atoms with E-state index in [1.165, 1.54) is 17.0 Å². The molecule has 8 nitrogen and oxygen atoms in total. The SMILES string of the molecule is COc1cccc(CN(C(=O)CN(c2ccc(I)cc2)S(=O)(=O)c2ccccc2)C(Cc2ccccc2)C(=O)NCC(C)C)c1. The molecule has 10 heteroatoms. The van der Waals surface area contributed by atoms with Gasteiger partial charge in [-0.2, -0.15) is 0 Å². The lowest BCUT2D eigenvalue weighted by atomic mass is 10.0. The number of ether oxygens (including phenoxy) is 1. The molecule has 0 fully saturated rings. The standard InChI is InChI=1S/C35H38IN3O5S/c1-26(2)23-37-35(41)33(22-27-11-6-4-7-12-27)38(24-28-13-10-14-31(21-28)44-3)34(40)25-39(30-19-17-29(36)18-20-30)45(42,43)32-15-8-5-9-16-32/h4-21,26,33H,22-25H2,1-3H3,(H,37,41). The second-order valence-corrected chi connectivity index (χ2v) is 14.1. The molecule has 0 saturated heterocycles. The second kappa shape index (κ2) is 15.9. The lowest BCUT2D eigenvalue weighted by molar-refractivity contribution is -0.140. The molecule has 0 aromatic heterocycles. The number of carbonyl (C=O) groups excluding carboxylic acids is 2. The highest BCUT2D eigenvalue weighted by atomic mass is 127. The molecule has 4 aromatic rings. The maximum absolute atomic E-state index is 14.5. The fourth-order valence-electron chi connectivity index (χ4n) is 4.80. The number of sulfonamides is 1. The van der Waals surface area contributed by atoms with Crippen LogP contribution in [0.15, 0.2) is 114 Å². The Morgan fingerprint density at radius 3 is 2.09 bits per heavy atom. The Hall–Kier alpha value is -3.90. The number of carbonyl (C=O) groups is 2. The molecule has 0 bridgehead atoms. The minimum atomic E-state index is -4.14. The number of hydrogen-bond donors (Lipinski definition) is 1. The van der Waals surface area contributed by atoms with Gasteiger partial charge < -0.3 is 15.0 Å². The number of anilines is 1. The molecule has 0 spiro atoms. The number of methoxy groups -OCH3 is 1. The fourth-order valence-corrected chi connectivity index (χ4v) is 6.59. The Labute approximate surface area is 279 Å². The van der Waals surface area contributed by atoms with Gasteiger partial charge in [0, 0.05) is 23.1 Å². The Balaban J connectivity index is 1.80. The van der Waals surface area contributed by atoms with Gasteiger partial charge in [0.05, 0.1) is 17.7 Å². The molecule has 0 radical (unpaired) electrons. The molecule has 0 aliphatic rings. The van der Waals surface area contributed by atoms with Gasteiger partial charge in [-0.1, -0.05) is 74.5 Å². The molecule has 1 unspecified atom stereocenters. The van der Waals surface area contributed by atoms with E-state index in [9.17, 15) is 18.0 Å². The lowest BCUT2D eigenvalue weighted by Crippen LogP contribution is -2.53. The summed E-state index contributed by atoms with van der Waals surface area (Å²) in [6.07, 6.45) is 0.245. The normalized spacial score (nSPS) is 11.9. The molecule has 4 rings (SSSR count). The third-order valence-electron chi connectivity index (χ3n) is 7.17. The van der Waals surface area contributed by atoms with Gasteiger partial charge in [-0.25, -0.2) is 8.42 Å². The Bertz CT molecular complexity index is 1670. The highest BCUT2D eigenvalue weighted by molar-refractivity contribution is 14.1. The van der Waals surface area contributed by atoms with Gasteiger partial charge >= 0.3 is 0 Å². The van der Waals surface area contributed by atoms with E-state index in [0.29, 0.717) is 18.0 Å². The average molecular weight is 740 g/mol. The number of nitrogens with zero attached hydrogens (tertiary/aromatic N) is 2. The largest absolute Gasteiger partial charge is 0.497 e. The van der Waals surface area contributed by atoms with Crippen LogP contribution < -0.4 is 14.4 Å². The van der Waals surface area contributed by atoms with Crippen LogP contribution in [-0.2, 0) is 32.6 Å². The molecule has 0 aliphatic carbocycles.